The first kappa shape index (κ1) is 19.4. The Morgan fingerprint density at radius 2 is 1.74 bits per heavy atom. The number of hydrogen-bond donors (Lipinski definition) is 1. The summed E-state index contributed by atoms with van der Waals surface area (Å²) in [4.78, 5) is 7.75. The molecule has 0 aromatic heterocycles. The van der Waals surface area contributed by atoms with Gasteiger partial charge >= 0.3 is 0 Å². The molecule has 150 valence electrons. The van der Waals surface area contributed by atoms with Crippen molar-refractivity contribution in [3.05, 3.63) is 35.9 Å². The summed E-state index contributed by atoms with van der Waals surface area (Å²) in [6.45, 7) is 8.64. The van der Waals surface area contributed by atoms with E-state index in [0.717, 1.165) is 30.5 Å². The Hall–Kier alpha value is -0.940. The van der Waals surface area contributed by atoms with Gasteiger partial charge in [-0.1, -0.05) is 30.3 Å². The molecule has 2 saturated heterocycles. The summed E-state index contributed by atoms with van der Waals surface area (Å²) in [6.07, 6.45) is 5.46. The molecule has 1 aromatic carbocycles. The predicted molar refractivity (Wildman–Crippen MR) is 113 cm³/mol. The monoisotopic (exact) mass is 370 g/mol. The van der Waals surface area contributed by atoms with Crippen molar-refractivity contribution in [3.8, 4) is 0 Å². The van der Waals surface area contributed by atoms with Crippen molar-refractivity contribution in [1.29, 1.82) is 0 Å². The standard InChI is InChI=1S/C23H38N4/c1-25(2)21-10-13-26(14-11-21)15-12-24-23-9-8-20-17-27(18-22(20)23)16-19-6-4-3-5-7-19/h3-7,20-24H,8-18H2,1-2H3. The smallest absolute Gasteiger partial charge is 0.0233 e. The van der Waals surface area contributed by atoms with E-state index in [1.165, 1.54) is 70.5 Å². The van der Waals surface area contributed by atoms with Gasteiger partial charge in [0.15, 0.2) is 0 Å². The Labute approximate surface area is 165 Å². The van der Waals surface area contributed by atoms with Gasteiger partial charge in [-0.25, -0.2) is 0 Å². The normalized spacial score (nSPS) is 30.3. The van der Waals surface area contributed by atoms with Crippen LogP contribution in [-0.4, -0.2) is 80.1 Å². The maximum atomic E-state index is 3.94. The molecule has 3 unspecified atom stereocenters. The van der Waals surface area contributed by atoms with E-state index in [4.69, 9.17) is 0 Å². The van der Waals surface area contributed by atoms with Gasteiger partial charge in [0.2, 0.25) is 0 Å². The fourth-order valence-corrected chi connectivity index (χ4v) is 5.65. The lowest BCUT2D eigenvalue weighted by atomic mass is 9.98. The molecule has 0 spiro atoms. The van der Waals surface area contributed by atoms with Gasteiger partial charge in [0.1, 0.15) is 0 Å². The van der Waals surface area contributed by atoms with E-state index in [1.807, 2.05) is 0 Å². The van der Waals surface area contributed by atoms with Gasteiger partial charge < -0.3 is 15.1 Å². The molecule has 1 aliphatic carbocycles. The highest BCUT2D eigenvalue weighted by Crippen LogP contribution is 2.38. The van der Waals surface area contributed by atoms with Crippen molar-refractivity contribution in [2.24, 2.45) is 11.8 Å². The lowest BCUT2D eigenvalue weighted by Gasteiger charge is -2.35. The third kappa shape index (κ3) is 4.92. The first-order valence-electron chi connectivity index (χ1n) is 11.1. The number of fused-ring (bicyclic) bond motifs is 1. The largest absolute Gasteiger partial charge is 0.312 e. The minimum absolute atomic E-state index is 0.745. The zero-order chi connectivity index (χ0) is 18.6. The second kappa shape index (κ2) is 9.04. The van der Waals surface area contributed by atoms with Crippen LogP contribution < -0.4 is 5.32 Å². The third-order valence-electron chi connectivity index (χ3n) is 7.30. The summed E-state index contributed by atoms with van der Waals surface area (Å²) in [5, 5.41) is 3.94. The molecule has 0 bridgehead atoms. The summed E-state index contributed by atoms with van der Waals surface area (Å²) in [5.74, 6) is 1.79. The molecule has 27 heavy (non-hydrogen) atoms. The molecule has 1 saturated carbocycles. The van der Waals surface area contributed by atoms with Crippen LogP contribution in [0.2, 0.25) is 0 Å². The number of piperidine rings is 1. The fourth-order valence-electron chi connectivity index (χ4n) is 5.65. The van der Waals surface area contributed by atoms with E-state index < -0.39 is 0 Å². The number of nitrogens with zero attached hydrogens (tertiary/aromatic N) is 3. The van der Waals surface area contributed by atoms with Crippen LogP contribution >= 0.6 is 0 Å². The molecule has 4 nitrogen and oxygen atoms in total. The first-order valence-corrected chi connectivity index (χ1v) is 11.1. The Kier molecular flexibility index (Phi) is 6.49. The summed E-state index contributed by atoms with van der Waals surface area (Å²) in [5.41, 5.74) is 1.46. The lowest BCUT2D eigenvalue weighted by Crippen LogP contribution is -2.45. The Balaban J connectivity index is 1.18. The van der Waals surface area contributed by atoms with Crippen molar-refractivity contribution < 1.29 is 0 Å². The van der Waals surface area contributed by atoms with Crippen LogP contribution in [0.5, 0.6) is 0 Å². The van der Waals surface area contributed by atoms with Gasteiger partial charge in [-0.2, -0.15) is 0 Å². The van der Waals surface area contributed by atoms with Gasteiger partial charge in [0, 0.05) is 44.8 Å². The molecular formula is C23H38N4. The number of hydrogen-bond acceptors (Lipinski definition) is 4. The SMILES string of the molecule is CN(C)C1CCN(CCNC2CCC3CN(Cc4ccccc4)CC32)CC1. The zero-order valence-corrected chi connectivity index (χ0v) is 17.3. The first-order chi connectivity index (χ1) is 13.2. The van der Waals surface area contributed by atoms with Crippen LogP contribution in [0, 0.1) is 11.8 Å². The van der Waals surface area contributed by atoms with E-state index in [-0.39, 0.29) is 0 Å². The van der Waals surface area contributed by atoms with Crippen molar-refractivity contribution >= 4 is 0 Å². The minimum atomic E-state index is 0.745. The van der Waals surface area contributed by atoms with Crippen molar-refractivity contribution in [1.82, 2.24) is 20.0 Å². The van der Waals surface area contributed by atoms with Gasteiger partial charge in [-0.3, -0.25) is 4.90 Å². The third-order valence-corrected chi connectivity index (χ3v) is 7.30. The average molecular weight is 371 g/mol. The Morgan fingerprint density at radius 3 is 2.48 bits per heavy atom. The second-order valence-electron chi connectivity index (χ2n) is 9.28. The molecule has 0 radical (unpaired) electrons. The summed E-state index contributed by atoms with van der Waals surface area (Å²) in [7, 11) is 4.45. The van der Waals surface area contributed by atoms with Gasteiger partial charge in [-0.15, -0.1) is 0 Å². The van der Waals surface area contributed by atoms with Gasteiger partial charge in [0.05, 0.1) is 0 Å². The van der Waals surface area contributed by atoms with Crippen LogP contribution in [-0.2, 0) is 6.54 Å². The Morgan fingerprint density at radius 1 is 0.963 bits per heavy atom. The highest BCUT2D eigenvalue weighted by atomic mass is 15.2. The molecule has 0 amide bonds. The molecule has 3 fully saturated rings. The quantitative estimate of drug-likeness (QED) is 0.796. The molecule has 2 aliphatic heterocycles. The summed E-state index contributed by atoms with van der Waals surface area (Å²) in [6, 6.07) is 12.5. The molecule has 4 rings (SSSR count). The average Bonchev–Trinajstić information content (AvgIpc) is 3.24. The summed E-state index contributed by atoms with van der Waals surface area (Å²) < 4.78 is 0. The van der Waals surface area contributed by atoms with Crippen LogP contribution in [0.3, 0.4) is 0 Å². The lowest BCUT2D eigenvalue weighted by molar-refractivity contribution is 0.144. The predicted octanol–water partition coefficient (Wildman–Crippen LogP) is 2.51. The number of nitrogens with one attached hydrogen (secondary N) is 1. The zero-order valence-electron chi connectivity index (χ0n) is 17.3. The fraction of sp³-hybridized carbons (Fsp3) is 0.739. The highest BCUT2D eigenvalue weighted by molar-refractivity contribution is 5.15. The molecule has 1 N–H and O–H groups in total. The summed E-state index contributed by atoms with van der Waals surface area (Å²) >= 11 is 0. The van der Waals surface area contributed by atoms with Crippen LogP contribution in [0.4, 0.5) is 0 Å². The van der Waals surface area contributed by atoms with E-state index in [2.05, 4.69) is 64.4 Å². The van der Waals surface area contributed by atoms with Crippen molar-refractivity contribution in [2.75, 3.05) is 53.4 Å². The van der Waals surface area contributed by atoms with Crippen LogP contribution in [0.25, 0.3) is 0 Å². The minimum Gasteiger partial charge on any atom is -0.312 e. The van der Waals surface area contributed by atoms with E-state index in [1.54, 1.807) is 0 Å². The number of rotatable bonds is 7. The molecule has 2 heterocycles. The molecule has 4 heteroatoms. The number of benzene rings is 1. The van der Waals surface area contributed by atoms with Crippen molar-refractivity contribution in [2.45, 2.75) is 44.3 Å². The highest BCUT2D eigenvalue weighted by Gasteiger charge is 2.42. The van der Waals surface area contributed by atoms with Crippen LogP contribution in [0.1, 0.15) is 31.2 Å². The van der Waals surface area contributed by atoms with E-state index >= 15 is 0 Å². The molecule has 1 aromatic rings. The van der Waals surface area contributed by atoms with E-state index in [0.29, 0.717) is 0 Å². The maximum Gasteiger partial charge on any atom is 0.0233 e. The maximum absolute atomic E-state index is 3.94. The topological polar surface area (TPSA) is 21.8 Å². The van der Waals surface area contributed by atoms with Gasteiger partial charge in [0.25, 0.3) is 0 Å². The second-order valence-corrected chi connectivity index (χ2v) is 9.28. The van der Waals surface area contributed by atoms with Gasteiger partial charge in [-0.05, 0) is 70.3 Å². The Bertz CT molecular complexity index is 567. The van der Waals surface area contributed by atoms with Crippen molar-refractivity contribution in [3.63, 3.8) is 0 Å². The molecule has 3 atom stereocenters. The molecule has 3 aliphatic rings. The molecular weight excluding hydrogens is 332 g/mol. The number of likely N-dealkylation sites (tertiary alicyclic amines) is 2. The van der Waals surface area contributed by atoms with Crippen LogP contribution in [0.15, 0.2) is 30.3 Å². The van der Waals surface area contributed by atoms with E-state index in [9.17, 15) is 0 Å².